The molecule has 2 aliphatic heterocycles. The molecule has 2 saturated heterocycles. The number of rotatable bonds is 9. The highest BCUT2D eigenvalue weighted by molar-refractivity contribution is 5.88. The highest BCUT2D eigenvalue weighted by Gasteiger charge is 2.44. The number of piperidine rings is 1. The van der Waals surface area contributed by atoms with Crippen molar-refractivity contribution in [2.45, 2.75) is 75.8 Å². The van der Waals surface area contributed by atoms with E-state index < -0.39 is 35.4 Å². The lowest BCUT2D eigenvalue weighted by atomic mass is 9.91. The molecule has 1 N–H and O–H groups in total. The monoisotopic (exact) mass is 548 g/mol. The summed E-state index contributed by atoms with van der Waals surface area (Å²) in [5.41, 5.74) is -0.797. The van der Waals surface area contributed by atoms with E-state index in [1.165, 1.54) is 49.1 Å². The van der Waals surface area contributed by atoms with Crippen molar-refractivity contribution in [3.8, 4) is 0 Å². The van der Waals surface area contributed by atoms with Crippen molar-refractivity contribution in [1.29, 1.82) is 0 Å². The van der Waals surface area contributed by atoms with Crippen LogP contribution in [0.3, 0.4) is 0 Å². The van der Waals surface area contributed by atoms with Gasteiger partial charge in [-0.05, 0) is 62.7 Å². The third-order valence-electron chi connectivity index (χ3n) is 8.86. The lowest BCUT2D eigenvalue weighted by Gasteiger charge is -2.36. The molecule has 3 unspecified atom stereocenters. The van der Waals surface area contributed by atoms with Gasteiger partial charge in [-0.15, -0.1) is 0 Å². The molecule has 2 heterocycles. The van der Waals surface area contributed by atoms with Gasteiger partial charge in [0, 0.05) is 38.3 Å². The van der Waals surface area contributed by atoms with Crippen molar-refractivity contribution < 1.29 is 32.5 Å². The topological polar surface area (TPSA) is 62.2 Å². The van der Waals surface area contributed by atoms with Crippen molar-refractivity contribution in [2.75, 3.05) is 33.4 Å². The van der Waals surface area contributed by atoms with Crippen LogP contribution in [0.15, 0.2) is 47.9 Å². The number of halogens is 3. The summed E-state index contributed by atoms with van der Waals surface area (Å²) < 4.78 is 51.7. The van der Waals surface area contributed by atoms with E-state index in [1.54, 1.807) is 13.2 Å². The zero-order valence-electron chi connectivity index (χ0n) is 22.8. The van der Waals surface area contributed by atoms with E-state index in [1.807, 2.05) is 13.0 Å². The number of nitrogens with zero attached hydrogens (tertiary/aromatic N) is 2. The van der Waals surface area contributed by atoms with E-state index in [4.69, 9.17) is 9.47 Å². The van der Waals surface area contributed by atoms with Crippen LogP contribution < -0.4 is 0 Å². The van der Waals surface area contributed by atoms with Gasteiger partial charge in [-0.25, -0.2) is 0 Å². The predicted molar refractivity (Wildman–Crippen MR) is 140 cm³/mol. The summed E-state index contributed by atoms with van der Waals surface area (Å²) in [6, 6.07) is 4.78. The smallest absolute Gasteiger partial charge is 0.416 e. The molecule has 3 atom stereocenters. The lowest BCUT2D eigenvalue weighted by molar-refractivity contribution is -0.138. The molecule has 6 nitrogen and oxygen atoms in total. The second-order valence-corrected chi connectivity index (χ2v) is 11.7. The summed E-state index contributed by atoms with van der Waals surface area (Å²) in [7, 11) is 1.61. The van der Waals surface area contributed by atoms with Gasteiger partial charge in [-0.2, -0.15) is 13.2 Å². The van der Waals surface area contributed by atoms with E-state index >= 15 is 0 Å². The van der Waals surface area contributed by atoms with Gasteiger partial charge in [0.05, 0.1) is 11.5 Å². The van der Waals surface area contributed by atoms with Crippen LogP contribution in [0, 0.1) is 11.8 Å². The molecule has 3 fully saturated rings. The molecule has 1 amide bonds. The Hall–Kier alpha value is -2.36. The number of carbonyl (C=O) groups is 1. The predicted octanol–water partition coefficient (Wildman–Crippen LogP) is 5.45. The highest BCUT2D eigenvalue weighted by Crippen LogP contribution is 2.41. The third-order valence-corrected chi connectivity index (χ3v) is 8.86. The first-order valence-corrected chi connectivity index (χ1v) is 14.1. The van der Waals surface area contributed by atoms with Crippen LogP contribution in [0.4, 0.5) is 13.2 Å². The average Bonchev–Trinajstić information content (AvgIpc) is 3.68. The van der Waals surface area contributed by atoms with E-state index in [-0.39, 0.29) is 12.0 Å². The molecular weight excluding hydrogens is 509 g/mol. The minimum Gasteiger partial charge on any atom is -0.493 e. The Morgan fingerprint density at radius 1 is 1.13 bits per heavy atom. The number of aliphatic hydroxyl groups is 1. The summed E-state index contributed by atoms with van der Waals surface area (Å²) in [6.45, 7) is 5.36. The van der Waals surface area contributed by atoms with Gasteiger partial charge >= 0.3 is 6.18 Å². The fourth-order valence-electron chi connectivity index (χ4n) is 6.09. The fourth-order valence-corrected chi connectivity index (χ4v) is 6.09. The second-order valence-electron chi connectivity index (χ2n) is 11.7. The Bertz CT molecular complexity index is 1110. The first kappa shape index (κ1) is 28.2. The fraction of sp³-hybridized carbons (Fsp3) is 0.633. The summed E-state index contributed by atoms with van der Waals surface area (Å²) >= 11 is 0. The number of carbonyl (C=O) groups excluding carboxylic acids is 1. The standard InChI is InChI=1S/C30H39F3N2O4/c1-29(38-2)11-8-24(18-26(29)39-15-14-34-12-9-21(10-13-34)16-20-6-7-20)35-27(36)19-25(28(35)37)22-4-3-5-23(17-22)30(31,32)33/h3-5,8,17-18,20-21,25,27,36H,6-7,9-16,19H2,1-2H3. The van der Waals surface area contributed by atoms with Crippen LogP contribution >= 0.6 is 0 Å². The van der Waals surface area contributed by atoms with Crippen LogP contribution in [0.5, 0.6) is 0 Å². The van der Waals surface area contributed by atoms with Gasteiger partial charge in [0.2, 0.25) is 5.91 Å². The molecule has 0 spiro atoms. The average molecular weight is 549 g/mol. The SMILES string of the molecule is COC1(C)CC=C(N2C(=O)C(c3cccc(C(F)(F)F)c3)CC2O)C=C1OCCN1CCC(CC2CC2)CC1. The van der Waals surface area contributed by atoms with E-state index in [0.29, 0.717) is 24.5 Å². The summed E-state index contributed by atoms with van der Waals surface area (Å²) in [5.74, 6) is 1.11. The minimum atomic E-state index is -4.51. The number of methoxy groups -OCH3 is 1. The van der Waals surface area contributed by atoms with Crippen LogP contribution in [0.1, 0.15) is 68.9 Å². The van der Waals surface area contributed by atoms with Crippen LogP contribution in [-0.4, -0.2) is 66.0 Å². The maximum atomic E-state index is 13.4. The Labute approximate surface area is 228 Å². The molecule has 0 aromatic heterocycles. The van der Waals surface area contributed by atoms with E-state index in [0.717, 1.165) is 43.6 Å². The number of aliphatic hydroxyl groups excluding tert-OH is 1. The van der Waals surface area contributed by atoms with Crippen molar-refractivity contribution >= 4 is 5.91 Å². The number of allylic oxidation sites excluding steroid dienone is 1. The molecule has 214 valence electrons. The number of likely N-dealkylation sites (tertiary alicyclic amines) is 2. The van der Waals surface area contributed by atoms with Crippen LogP contribution in [-0.2, 0) is 20.4 Å². The molecule has 9 heteroatoms. The maximum Gasteiger partial charge on any atom is 0.416 e. The van der Waals surface area contributed by atoms with Gasteiger partial charge in [-0.1, -0.05) is 37.1 Å². The van der Waals surface area contributed by atoms with Crippen molar-refractivity contribution in [3.05, 3.63) is 59.0 Å². The zero-order chi connectivity index (χ0) is 27.8. The van der Waals surface area contributed by atoms with Crippen molar-refractivity contribution in [3.63, 3.8) is 0 Å². The normalized spacial score (nSPS) is 29.0. The van der Waals surface area contributed by atoms with Gasteiger partial charge in [0.25, 0.3) is 0 Å². The molecule has 5 rings (SSSR count). The summed E-state index contributed by atoms with van der Waals surface area (Å²) in [6.07, 6.45) is 5.01. The minimum absolute atomic E-state index is 0.0137. The molecule has 4 aliphatic rings. The number of amides is 1. The Morgan fingerprint density at radius 3 is 2.51 bits per heavy atom. The molecule has 1 saturated carbocycles. The molecule has 1 aromatic carbocycles. The van der Waals surface area contributed by atoms with Crippen molar-refractivity contribution in [2.24, 2.45) is 11.8 Å². The molecule has 0 radical (unpaired) electrons. The number of hydrogen-bond acceptors (Lipinski definition) is 5. The molecule has 2 aliphatic carbocycles. The van der Waals surface area contributed by atoms with Crippen LogP contribution in [0.25, 0.3) is 0 Å². The summed E-state index contributed by atoms with van der Waals surface area (Å²) in [5, 5.41) is 10.8. The largest absolute Gasteiger partial charge is 0.493 e. The Morgan fingerprint density at radius 2 is 1.85 bits per heavy atom. The van der Waals surface area contributed by atoms with Gasteiger partial charge in [0.15, 0.2) is 0 Å². The number of alkyl halides is 3. The van der Waals surface area contributed by atoms with E-state index in [2.05, 4.69) is 4.90 Å². The lowest BCUT2D eigenvalue weighted by Crippen LogP contribution is -2.39. The molecule has 39 heavy (non-hydrogen) atoms. The van der Waals surface area contributed by atoms with Crippen LogP contribution in [0.2, 0.25) is 0 Å². The zero-order valence-corrected chi connectivity index (χ0v) is 22.8. The Balaban J connectivity index is 1.23. The Kier molecular flexibility index (Phi) is 8.13. The van der Waals surface area contributed by atoms with Gasteiger partial charge < -0.3 is 14.6 Å². The van der Waals surface area contributed by atoms with Crippen molar-refractivity contribution in [1.82, 2.24) is 9.80 Å². The van der Waals surface area contributed by atoms with Gasteiger partial charge in [-0.3, -0.25) is 14.6 Å². The first-order valence-electron chi connectivity index (χ1n) is 14.1. The third kappa shape index (κ3) is 6.36. The maximum absolute atomic E-state index is 13.4. The molecule has 1 aromatic rings. The number of benzene rings is 1. The first-order chi connectivity index (χ1) is 18.6. The number of ether oxygens (including phenoxy) is 2. The molecular formula is C30H39F3N2O4. The van der Waals surface area contributed by atoms with E-state index in [9.17, 15) is 23.1 Å². The second kappa shape index (κ2) is 11.3. The van der Waals surface area contributed by atoms with Gasteiger partial charge in [0.1, 0.15) is 24.2 Å². The quantitative estimate of drug-likeness (QED) is 0.445. The number of hydrogen-bond donors (Lipinski definition) is 1. The summed E-state index contributed by atoms with van der Waals surface area (Å²) in [4.78, 5) is 17.1. The highest BCUT2D eigenvalue weighted by atomic mass is 19.4. The molecule has 0 bridgehead atoms.